The van der Waals surface area contributed by atoms with Gasteiger partial charge in [-0.05, 0) is 32.7 Å². The van der Waals surface area contributed by atoms with E-state index in [-0.39, 0.29) is 6.10 Å². The summed E-state index contributed by atoms with van der Waals surface area (Å²) in [5.74, 6) is 0. The maximum atomic E-state index is 9.64. The van der Waals surface area contributed by atoms with E-state index >= 15 is 0 Å². The fourth-order valence-electron chi connectivity index (χ4n) is 2.84. The van der Waals surface area contributed by atoms with E-state index in [1.54, 1.807) is 7.11 Å². The fraction of sp³-hybridized carbons (Fsp3) is 1.00. The molecule has 0 aliphatic carbocycles. The third kappa shape index (κ3) is 9.42. The molecule has 1 aliphatic rings. The molecular formula is C16H33NO4. The molecule has 1 N–H and O–H groups in total. The minimum atomic E-state index is -0.217. The van der Waals surface area contributed by atoms with Crippen LogP contribution in [0.1, 0.15) is 39.0 Å². The van der Waals surface area contributed by atoms with Crippen molar-refractivity contribution >= 4 is 0 Å². The molecule has 0 bridgehead atoms. The fourth-order valence-corrected chi connectivity index (χ4v) is 2.84. The van der Waals surface area contributed by atoms with Gasteiger partial charge >= 0.3 is 0 Å². The first kappa shape index (κ1) is 18.8. The molecule has 0 aromatic rings. The Morgan fingerprint density at radius 2 is 1.76 bits per heavy atom. The van der Waals surface area contributed by atoms with Gasteiger partial charge in [-0.1, -0.05) is 12.8 Å². The van der Waals surface area contributed by atoms with Crippen molar-refractivity contribution in [1.29, 1.82) is 0 Å². The van der Waals surface area contributed by atoms with Crippen LogP contribution in [-0.2, 0) is 14.2 Å². The molecule has 0 saturated carbocycles. The molecule has 5 nitrogen and oxygen atoms in total. The van der Waals surface area contributed by atoms with Crippen LogP contribution in [0.2, 0.25) is 0 Å². The highest BCUT2D eigenvalue weighted by Crippen LogP contribution is 2.20. The van der Waals surface area contributed by atoms with Gasteiger partial charge in [-0.3, -0.25) is 4.90 Å². The van der Waals surface area contributed by atoms with Crippen LogP contribution in [0.3, 0.4) is 0 Å². The molecular weight excluding hydrogens is 270 g/mol. The van der Waals surface area contributed by atoms with Gasteiger partial charge in [-0.2, -0.15) is 0 Å². The molecule has 0 amide bonds. The van der Waals surface area contributed by atoms with Crippen molar-refractivity contribution in [1.82, 2.24) is 4.90 Å². The summed E-state index contributed by atoms with van der Waals surface area (Å²) in [4.78, 5) is 2.49. The Kier molecular flexibility index (Phi) is 11.1. The molecule has 21 heavy (non-hydrogen) atoms. The van der Waals surface area contributed by atoms with E-state index in [4.69, 9.17) is 14.2 Å². The van der Waals surface area contributed by atoms with Crippen LogP contribution in [0.15, 0.2) is 0 Å². The highest BCUT2D eigenvalue weighted by Gasteiger charge is 2.21. The summed E-state index contributed by atoms with van der Waals surface area (Å²) in [6.07, 6.45) is 5.70. The second-order valence-corrected chi connectivity index (χ2v) is 5.84. The Bertz CT molecular complexity index is 238. The molecule has 126 valence electrons. The van der Waals surface area contributed by atoms with Crippen LogP contribution in [0.4, 0.5) is 0 Å². The van der Waals surface area contributed by atoms with Gasteiger partial charge in [-0.15, -0.1) is 0 Å². The van der Waals surface area contributed by atoms with Gasteiger partial charge in [0.25, 0.3) is 0 Å². The van der Waals surface area contributed by atoms with Crippen molar-refractivity contribution in [2.45, 2.75) is 51.2 Å². The van der Waals surface area contributed by atoms with Crippen molar-refractivity contribution in [3.05, 3.63) is 0 Å². The SMILES string of the molecule is COCCOCCOCCN1CCCCCC1CC(C)O. The Balaban J connectivity index is 2.12. The molecule has 2 atom stereocenters. The van der Waals surface area contributed by atoms with Gasteiger partial charge in [0.05, 0.1) is 39.1 Å². The van der Waals surface area contributed by atoms with Crippen LogP contribution in [-0.4, -0.2) is 75.4 Å². The topological polar surface area (TPSA) is 51.2 Å². The van der Waals surface area contributed by atoms with Gasteiger partial charge < -0.3 is 19.3 Å². The quantitative estimate of drug-likeness (QED) is 0.589. The molecule has 2 unspecified atom stereocenters. The zero-order valence-electron chi connectivity index (χ0n) is 13.8. The van der Waals surface area contributed by atoms with Crippen molar-refractivity contribution in [3.8, 4) is 0 Å². The van der Waals surface area contributed by atoms with Crippen LogP contribution < -0.4 is 0 Å². The maximum Gasteiger partial charge on any atom is 0.0701 e. The number of aliphatic hydroxyl groups is 1. The van der Waals surface area contributed by atoms with Crippen LogP contribution >= 0.6 is 0 Å². The Morgan fingerprint density at radius 3 is 2.48 bits per heavy atom. The second-order valence-electron chi connectivity index (χ2n) is 5.84. The molecule has 0 radical (unpaired) electrons. The Morgan fingerprint density at radius 1 is 1.05 bits per heavy atom. The Labute approximate surface area is 129 Å². The summed E-state index contributed by atoms with van der Waals surface area (Å²) in [5.41, 5.74) is 0. The Hall–Kier alpha value is -0.200. The van der Waals surface area contributed by atoms with E-state index in [1.807, 2.05) is 6.92 Å². The summed E-state index contributed by atoms with van der Waals surface area (Å²) in [5, 5.41) is 9.64. The first-order chi connectivity index (χ1) is 10.2. The number of likely N-dealkylation sites (tertiary alicyclic amines) is 1. The molecule has 1 fully saturated rings. The molecule has 1 aliphatic heterocycles. The van der Waals surface area contributed by atoms with Crippen LogP contribution in [0.25, 0.3) is 0 Å². The normalized spacial score (nSPS) is 22.1. The minimum absolute atomic E-state index is 0.217. The number of hydrogen-bond acceptors (Lipinski definition) is 5. The minimum Gasteiger partial charge on any atom is -0.393 e. The monoisotopic (exact) mass is 303 g/mol. The highest BCUT2D eigenvalue weighted by atomic mass is 16.5. The lowest BCUT2D eigenvalue weighted by Crippen LogP contribution is -2.39. The number of nitrogens with zero attached hydrogens (tertiary/aromatic N) is 1. The zero-order valence-corrected chi connectivity index (χ0v) is 13.8. The average molecular weight is 303 g/mol. The smallest absolute Gasteiger partial charge is 0.0701 e. The largest absolute Gasteiger partial charge is 0.393 e. The highest BCUT2D eigenvalue weighted by molar-refractivity contribution is 4.77. The predicted octanol–water partition coefficient (Wildman–Crippen LogP) is 1.68. The van der Waals surface area contributed by atoms with Gasteiger partial charge in [0.1, 0.15) is 0 Å². The van der Waals surface area contributed by atoms with Crippen molar-refractivity contribution in [3.63, 3.8) is 0 Å². The van der Waals surface area contributed by atoms with Crippen LogP contribution in [0, 0.1) is 0 Å². The first-order valence-electron chi connectivity index (χ1n) is 8.30. The van der Waals surface area contributed by atoms with Gasteiger partial charge in [0.2, 0.25) is 0 Å². The zero-order chi connectivity index (χ0) is 15.3. The second kappa shape index (κ2) is 12.4. The summed E-state index contributed by atoms with van der Waals surface area (Å²) >= 11 is 0. The van der Waals surface area contributed by atoms with E-state index in [9.17, 15) is 5.11 Å². The molecule has 0 aromatic carbocycles. The number of ether oxygens (including phenoxy) is 3. The average Bonchev–Trinajstić information content (AvgIpc) is 2.67. The summed E-state index contributed by atoms with van der Waals surface area (Å²) in [7, 11) is 1.67. The lowest BCUT2D eigenvalue weighted by molar-refractivity contribution is 0.0143. The van der Waals surface area contributed by atoms with E-state index in [0.29, 0.717) is 32.5 Å². The number of hydrogen-bond donors (Lipinski definition) is 1. The standard InChI is InChI=1S/C16H33NO4/c1-15(18)14-16-6-4-3-5-7-17(16)8-9-20-12-13-21-11-10-19-2/h15-16,18H,3-14H2,1-2H3. The van der Waals surface area contributed by atoms with E-state index in [1.165, 1.54) is 25.7 Å². The summed E-state index contributed by atoms with van der Waals surface area (Å²) in [6.45, 7) is 7.23. The van der Waals surface area contributed by atoms with Gasteiger partial charge in [0, 0.05) is 19.7 Å². The van der Waals surface area contributed by atoms with Crippen LogP contribution in [0.5, 0.6) is 0 Å². The molecule has 0 aromatic heterocycles. The molecule has 0 spiro atoms. The predicted molar refractivity (Wildman–Crippen MR) is 83.6 cm³/mol. The molecule has 1 rings (SSSR count). The lowest BCUT2D eigenvalue weighted by Gasteiger charge is -2.30. The molecule has 5 heteroatoms. The van der Waals surface area contributed by atoms with Gasteiger partial charge in [-0.25, -0.2) is 0 Å². The van der Waals surface area contributed by atoms with E-state index in [0.717, 1.165) is 26.1 Å². The first-order valence-corrected chi connectivity index (χ1v) is 8.30. The molecule has 1 saturated heterocycles. The summed E-state index contributed by atoms with van der Waals surface area (Å²) < 4.78 is 15.9. The lowest BCUT2D eigenvalue weighted by atomic mass is 10.0. The molecule has 1 heterocycles. The van der Waals surface area contributed by atoms with E-state index < -0.39 is 0 Å². The van der Waals surface area contributed by atoms with Gasteiger partial charge in [0.15, 0.2) is 0 Å². The summed E-state index contributed by atoms with van der Waals surface area (Å²) in [6, 6.07) is 0.508. The maximum absolute atomic E-state index is 9.64. The number of aliphatic hydroxyl groups excluding tert-OH is 1. The third-order valence-corrected chi connectivity index (χ3v) is 3.94. The van der Waals surface area contributed by atoms with Crippen molar-refractivity contribution < 1.29 is 19.3 Å². The number of methoxy groups -OCH3 is 1. The van der Waals surface area contributed by atoms with Crippen molar-refractivity contribution in [2.24, 2.45) is 0 Å². The van der Waals surface area contributed by atoms with E-state index in [2.05, 4.69) is 4.90 Å². The number of rotatable bonds is 11. The van der Waals surface area contributed by atoms with Crippen molar-refractivity contribution in [2.75, 3.05) is 53.2 Å². The third-order valence-electron chi connectivity index (χ3n) is 3.94.